The van der Waals surface area contributed by atoms with Gasteiger partial charge < -0.3 is 14.9 Å². The fourth-order valence-corrected chi connectivity index (χ4v) is 2.94. The molecule has 0 atom stereocenters. The Hall–Kier alpha value is -2.50. The van der Waals surface area contributed by atoms with Crippen LogP contribution in [-0.4, -0.2) is 22.3 Å². The van der Waals surface area contributed by atoms with Crippen LogP contribution < -0.4 is 0 Å². The summed E-state index contributed by atoms with van der Waals surface area (Å²) in [6.07, 6.45) is 1.34. The topological polar surface area (TPSA) is 74.7 Å². The van der Waals surface area contributed by atoms with Gasteiger partial charge in [-0.3, -0.25) is 0 Å². The van der Waals surface area contributed by atoms with Crippen molar-refractivity contribution in [2.75, 3.05) is 0 Å². The third kappa shape index (κ3) is 3.37. The second-order valence-electron chi connectivity index (χ2n) is 5.02. The molecule has 0 spiro atoms. The zero-order valence-electron chi connectivity index (χ0n) is 12.3. The number of carboxylic acid groups (broad SMARTS) is 1. The fraction of sp³-hybridized carbons (Fsp3) is 0.0588. The summed E-state index contributed by atoms with van der Waals surface area (Å²) >= 11 is 12.1. The molecule has 2 aromatic carbocycles. The second-order valence-corrected chi connectivity index (χ2v) is 5.87. The molecular formula is C17H12Cl2N2O3. The Kier molecular flexibility index (Phi) is 4.74. The number of oxime groups is 1. The quantitative estimate of drug-likeness (QED) is 0.509. The molecule has 0 aliphatic rings. The van der Waals surface area contributed by atoms with E-state index in [1.54, 1.807) is 12.1 Å². The van der Waals surface area contributed by atoms with Gasteiger partial charge in [0.1, 0.15) is 12.3 Å². The van der Waals surface area contributed by atoms with Crippen molar-refractivity contribution in [3.05, 3.63) is 69.3 Å². The van der Waals surface area contributed by atoms with Crippen LogP contribution in [-0.2, 0) is 11.4 Å². The lowest BCUT2D eigenvalue weighted by molar-refractivity contribution is 0.0691. The van der Waals surface area contributed by atoms with Crippen LogP contribution in [0.4, 0.5) is 0 Å². The highest BCUT2D eigenvalue weighted by Gasteiger charge is 2.18. The third-order valence-electron chi connectivity index (χ3n) is 3.40. The number of fused-ring (bicyclic) bond motifs is 1. The maximum Gasteiger partial charge on any atom is 0.353 e. The van der Waals surface area contributed by atoms with Crippen LogP contribution in [0.1, 0.15) is 21.6 Å². The first kappa shape index (κ1) is 16.4. The highest BCUT2D eigenvalue weighted by Crippen LogP contribution is 2.31. The van der Waals surface area contributed by atoms with Crippen molar-refractivity contribution in [3.8, 4) is 0 Å². The molecule has 0 aliphatic carbocycles. The lowest BCUT2D eigenvalue weighted by Crippen LogP contribution is -2.01. The van der Waals surface area contributed by atoms with Gasteiger partial charge in [0.15, 0.2) is 0 Å². The number of nitrogens with zero attached hydrogens (tertiary/aromatic N) is 1. The number of rotatable bonds is 5. The Morgan fingerprint density at radius 1 is 1.25 bits per heavy atom. The number of halogens is 2. The second kappa shape index (κ2) is 6.95. The van der Waals surface area contributed by atoms with Crippen LogP contribution in [0.5, 0.6) is 0 Å². The minimum Gasteiger partial charge on any atom is -0.477 e. The van der Waals surface area contributed by atoms with E-state index in [9.17, 15) is 9.90 Å². The zero-order chi connectivity index (χ0) is 17.1. The number of carboxylic acids is 1. The minimum atomic E-state index is -1.12. The standard InChI is InChI=1S/C17H12Cl2N2O3/c18-11-6-13(19)15-12(16(17(22)23)21-14(15)7-11)8-20-24-9-10-4-2-1-3-5-10/h1-8,21H,9H2,(H,22,23). The van der Waals surface area contributed by atoms with Crippen LogP contribution in [0.15, 0.2) is 47.6 Å². The van der Waals surface area contributed by atoms with E-state index in [-0.39, 0.29) is 12.3 Å². The number of carbonyl (C=O) groups is 1. The van der Waals surface area contributed by atoms with Gasteiger partial charge in [0.2, 0.25) is 0 Å². The zero-order valence-corrected chi connectivity index (χ0v) is 13.8. The Balaban J connectivity index is 1.91. The number of nitrogens with one attached hydrogen (secondary N) is 1. The molecular weight excluding hydrogens is 351 g/mol. The van der Waals surface area contributed by atoms with E-state index in [0.717, 1.165) is 5.56 Å². The van der Waals surface area contributed by atoms with Crippen LogP contribution in [0.3, 0.4) is 0 Å². The van der Waals surface area contributed by atoms with Gasteiger partial charge in [-0.15, -0.1) is 0 Å². The normalized spacial score (nSPS) is 11.2. The monoisotopic (exact) mass is 362 g/mol. The Morgan fingerprint density at radius 3 is 2.71 bits per heavy atom. The summed E-state index contributed by atoms with van der Waals surface area (Å²) in [6, 6.07) is 12.7. The van der Waals surface area contributed by atoms with Gasteiger partial charge in [-0.05, 0) is 17.7 Å². The average Bonchev–Trinajstić information content (AvgIpc) is 2.91. The molecule has 0 bridgehead atoms. The van der Waals surface area contributed by atoms with Gasteiger partial charge in [-0.25, -0.2) is 4.79 Å². The molecule has 0 saturated heterocycles. The molecule has 0 radical (unpaired) electrons. The number of hydrogen-bond acceptors (Lipinski definition) is 3. The maximum atomic E-state index is 11.4. The molecule has 122 valence electrons. The number of hydrogen-bond donors (Lipinski definition) is 2. The summed E-state index contributed by atoms with van der Waals surface area (Å²) in [5.41, 5.74) is 1.79. The molecule has 0 fully saturated rings. The Bertz CT molecular complexity index is 920. The average molecular weight is 363 g/mol. The van der Waals surface area contributed by atoms with Crippen molar-refractivity contribution in [2.45, 2.75) is 6.61 Å². The summed E-state index contributed by atoms with van der Waals surface area (Å²) in [5.74, 6) is -1.12. The number of H-pyrrole nitrogens is 1. The van der Waals surface area contributed by atoms with Crippen molar-refractivity contribution in [3.63, 3.8) is 0 Å². The number of aromatic nitrogens is 1. The SMILES string of the molecule is O=C(O)c1[nH]c2cc(Cl)cc(Cl)c2c1C=NOCc1ccccc1. The van der Waals surface area contributed by atoms with E-state index in [2.05, 4.69) is 10.1 Å². The van der Waals surface area contributed by atoms with Gasteiger partial charge in [-0.1, -0.05) is 58.7 Å². The predicted molar refractivity (Wildman–Crippen MR) is 94.1 cm³/mol. The fourth-order valence-electron chi connectivity index (χ4n) is 2.35. The maximum absolute atomic E-state index is 11.4. The van der Waals surface area contributed by atoms with Crippen LogP contribution >= 0.6 is 23.2 Å². The first-order valence-electron chi connectivity index (χ1n) is 6.99. The van der Waals surface area contributed by atoms with E-state index >= 15 is 0 Å². The van der Waals surface area contributed by atoms with Crippen molar-refractivity contribution in [2.24, 2.45) is 5.16 Å². The van der Waals surface area contributed by atoms with E-state index < -0.39 is 5.97 Å². The molecule has 1 aromatic heterocycles. The lowest BCUT2D eigenvalue weighted by Gasteiger charge is -2.00. The molecule has 5 nitrogen and oxygen atoms in total. The Morgan fingerprint density at radius 2 is 2.00 bits per heavy atom. The van der Waals surface area contributed by atoms with Crippen LogP contribution in [0.25, 0.3) is 10.9 Å². The molecule has 1 heterocycles. The molecule has 24 heavy (non-hydrogen) atoms. The molecule has 0 unspecified atom stereocenters. The first-order chi connectivity index (χ1) is 11.6. The summed E-state index contributed by atoms with van der Waals surface area (Å²) in [5, 5.41) is 14.5. The van der Waals surface area contributed by atoms with Crippen molar-refractivity contribution >= 4 is 46.3 Å². The highest BCUT2D eigenvalue weighted by atomic mass is 35.5. The van der Waals surface area contributed by atoms with E-state index in [1.165, 1.54) is 6.21 Å². The molecule has 7 heteroatoms. The summed E-state index contributed by atoms with van der Waals surface area (Å²) in [7, 11) is 0. The Labute approximate surface area is 147 Å². The number of aromatic amines is 1. The first-order valence-corrected chi connectivity index (χ1v) is 7.75. The van der Waals surface area contributed by atoms with Crippen molar-refractivity contribution in [1.29, 1.82) is 0 Å². The minimum absolute atomic E-state index is 0.0266. The van der Waals surface area contributed by atoms with Crippen molar-refractivity contribution in [1.82, 2.24) is 4.98 Å². The molecule has 3 aromatic rings. The smallest absolute Gasteiger partial charge is 0.353 e. The van der Waals surface area contributed by atoms with Gasteiger partial charge >= 0.3 is 5.97 Å². The van der Waals surface area contributed by atoms with Gasteiger partial charge in [0.25, 0.3) is 0 Å². The number of benzene rings is 2. The van der Waals surface area contributed by atoms with Crippen LogP contribution in [0.2, 0.25) is 10.0 Å². The van der Waals surface area contributed by atoms with Gasteiger partial charge in [0, 0.05) is 21.5 Å². The summed E-state index contributed by atoms with van der Waals surface area (Å²) < 4.78 is 0. The largest absolute Gasteiger partial charge is 0.477 e. The van der Waals surface area contributed by atoms with E-state index in [0.29, 0.717) is 26.5 Å². The van der Waals surface area contributed by atoms with Gasteiger partial charge in [0.05, 0.1) is 11.2 Å². The molecule has 3 rings (SSSR count). The molecule has 0 amide bonds. The van der Waals surface area contributed by atoms with Crippen molar-refractivity contribution < 1.29 is 14.7 Å². The lowest BCUT2D eigenvalue weighted by atomic mass is 10.1. The molecule has 0 aliphatic heterocycles. The summed E-state index contributed by atoms with van der Waals surface area (Å²) in [4.78, 5) is 19.5. The van der Waals surface area contributed by atoms with E-state index in [4.69, 9.17) is 28.0 Å². The summed E-state index contributed by atoms with van der Waals surface area (Å²) in [6.45, 7) is 0.279. The van der Waals surface area contributed by atoms with E-state index in [1.807, 2.05) is 30.3 Å². The third-order valence-corrected chi connectivity index (χ3v) is 3.91. The predicted octanol–water partition coefficient (Wildman–Crippen LogP) is 4.72. The highest BCUT2D eigenvalue weighted by molar-refractivity contribution is 6.39. The van der Waals surface area contributed by atoms with Gasteiger partial charge in [-0.2, -0.15) is 0 Å². The van der Waals surface area contributed by atoms with Crippen LogP contribution in [0, 0.1) is 0 Å². The molecule has 0 saturated carbocycles. The number of aromatic carboxylic acids is 1. The molecule has 2 N–H and O–H groups in total.